The van der Waals surface area contributed by atoms with Gasteiger partial charge in [0.1, 0.15) is 0 Å². The fraction of sp³-hybridized carbons (Fsp3) is 0.640. The molecule has 1 aromatic carbocycles. The molecule has 5 fully saturated rings. The third-order valence-electron chi connectivity index (χ3n) is 8.47. The molecule has 0 unspecified atom stereocenters. The zero-order chi connectivity index (χ0) is 23.2. The molecule has 9 heteroatoms. The molecule has 2 aromatic rings. The maximum Gasteiger partial charge on any atom is 0.240 e. The van der Waals surface area contributed by atoms with Crippen LogP contribution in [-0.4, -0.2) is 58.1 Å². The van der Waals surface area contributed by atoms with Gasteiger partial charge in [-0.3, -0.25) is 4.79 Å². The molecule has 1 N–H and O–H groups in total. The molecule has 9 nitrogen and oxygen atoms in total. The smallest absolute Gasteiger partial charge is 0.240 e. The number of morpholine rings is 1. The van der Waals surface area contributed by atoms with Gasteiger partial charge in [-0.2, -0.15) is 9.90 Å². The van der Waals surface area contributed by atoms with E-state index >= 15 is 0 Å². The molecular formula is C25H33N7O2. The number of carbonyl (C=O) groups excluding carboxylic acids is 1. The fourth-order valence-electron chi connectivity index (χ4n) is 7.55. The Morgan fingerprint density at radius 3 is 2.56 bits per heavy atom. The molecule has 4 saturated carbocycles. The minimum absolute atomic E-state index is 0.00735. The standard InChI is InChI=1S/C25H33N7O2/c1-18(21-2-4-22(5-3-21)31-6-8-34-9-7-31)28-29-23(33)15-24-11-19-10-20(12-24)14-25(13-19,16-24)32-27-17-26-30-32/h2-5,17,19-20H,6-16H2,1H3,(H,29,33)/b28-18+/t19-,20-,24?,25?/m0/s1. The summed E-state index contributed by atoms with van der Waals surface area (Å²) in [7, 11) is 0. The first-order chi connectivity index (χ1) is 16.5. The van der Waals surface area contributed by atoms with Crippen molar-refractivity contribution < 1.29 is 9.53 Å². The Morgan fingerprint density at radius 1 is 1.15 bits per heavy atom. The second kappa shape index (κ2) is 8.45. The number of nitrogens with one attached hydrogen (secondary N) is 1. The molecule has 4 aliphatic carbocycles. The molecule has 0 radical (unpaired) electrons. The van der Waals surface area contributed by atoms with Gasteiger partial charge >= 0.3 is 0 Å². The van der Waals surface area contributed by atoms with Crippen molar-refractivity contribution in [3.8, 4) is 0 Å². The average molecular weight is 464 g/mol. The summed E-state index contributed by atoms with van der Waals surface area (Å²) in [5.74, 6) is 1.30. The second-order valence-electron chi connectivity index (χ2n) is 11.0. The first kappa shape index (κ1) is 21.7. The van der Waals surface area contributed by atoms with Crippen LogP contribution in [0.5, 0.6) is 0 Å². The summed E-state index contributed by atoms with van der Waals surface area (Å²) in [6.45, 7) is 5.32. The quantitative estimate of drug-likeness (QED) is 0.523. The number of hydrogen-bond acceptors (Lipinski definition) is 7. The lowest BCUT2D eigenvalue weighted by molar-refractivity contribution is -0.139. The number of benzene rings is 1. The molecule has 1 aliphatic heterocycles. The molecule has 4 bridgehead atoms. The van der Waals surface area contributed by atoms with Crippen molar-refractivity contribution in [2.75, 3.05) is 31.2 Å². The van der Waals surface area contributed by atoms with E-state index in [4.69, 9.17) is 4.74 Å². The van der Waals surface area contributed by atoms with E-state index in [-0.39, 0.29) is 16.9 Å². The topological polar surface area (TPSA) is 97.5 Å². The predicted molar refractivity (Wildman–Crippen MR) is 127 cm³/mol. The Morgan fingerprint density at radius 2 is 1.88 bits per heavy atom. The lowest BCUT2D eigenvalue weighted by Gasteiger charge is -2.61. The molecule has 2 atom stereocenters. The monoisotopic (exact) mass is 463 g/mol. The third-order valence-corrected chi connectivity index (χ3v) is 8.47. The zero-order valence-electron chi connectivity index (χ0n) is 19.8. The van der Waals surface area contributed by atoms with Gasteiger partial charge in [-0.25, -0.2) is 5.43 Å². The van der Waals surface area contributed by atoms with Gasteiger partial charge in [-0.1, -0.05) is 12.1 Å². The van der Waals surface area contributed by atoms with E-state index in [0.717, 1.165) is 69.7 Å². The summed E-state index contributed by atoms with van der Waals surface area (Å²) >= 11 is 0. The highest BCUT2D eigenvalue weighted by molar-refractivity contribution is 5.99. The van der Waals surface area contributed by atoms with Gasteiger partial charge in [0.05, 0.1) is 24.5 Å². The summed E-state index contributed by atoms with van der Waals surface area (Å²) in [6, 6.07) is 8.39. The van der Waals surface area contributed by atoms with Crippen molar-refractivity contribution in [1.82, 2.24) is 25.6 Å². The Balaban J connectivity index is 1.11. The van der Waals surface area contributed by atoms with Crippen molar-refractivity contribution in [2.24, 2.45) is 22.4 Å². The van der Waals surface area contributed by atoms with E-state index in [0.29, 0.717) is 18.3 Å². The number of tetrazole rings is 1. The van der Waals surface area contributed by atoms with Gasteiger partial charge in [0, 0.05) is 25.2 Å². The number of carbonyl (C=O) groups is 1. The van der Waals surface area contributed by atoms with E-state index in [1.54, 1.807) is 0 Å². The zero-order valence-corrected chi connectivity index (χ0v) is 19.8. The predicted octanol–water partition coefficient (Wildman–Crippen LogP) is 2.74. The number of ether oxygens (including phenoxy) is 1. The number of anilines is 1. The average Bonchev–Trinajstić information content (AvgIpc) is 3.38. The Hall–Kier alpha value is -2.81. The van der Waals surface area contributed by atoms with Gasteiger partial charge in [0.2, 0.25) is 5.91 Å². The van der Waals surface area contributed by atoms with Gasteiger partial charge in [0.25, 0.3) is 0 Å². The number of hydrazone groups is 1. The molecular weight excluding hydrogens is 430 g/mol. The molecule has 2 heterocycles. The molecule has 1 amide bonds. The summed E-state index contributed by atoms with van der Waals surface area (Å²) in [6.07, 6.45) is 8.76. The van der Waals surface area contributed by atoms with Crippen molar-refractivity contribution in [3.63, 3.8) is 0 Å². The first-order valence-electron chi connectivity index (χ1n) is 12.5. The van der Waals surface area contributed by atoms with Crippen LogP contribution < -0.4 is 10.3 Å². The van der Waals surface area contributed by atoms with Crippen LogP contribution in [0, 0.1) is 17.3 Å². The molecule has 34 heavy (non-hydrogen) atoms. The summed E-state index contributed by atoms with van der Waals surface area (Å²) in [5, 5.41) is 17.1. The number of aromatic nitrogens is 4. The Bertz CT molecular complexity index is 1050. The van der Waals surface area contributed by atoms with Gasteiger partial charge < -0.3 is 9.64 Å². The number of rotatable bonds is 6. The maximum atomic E-state index is 13.0. The summed E-state index contributed by atoms with van der Waals surface area (Å²) in [4.78, 5) is 17.2. The molecule has 5 aliphatic rings. The Kier molecular flexibility index (Phi) is 5.39. The minimum Gasteiger partial charge on any atom is -0.378 e. The van der Waals surface area contributed by atoms with Gasteiger partial charge in [-0.15, -0.1) is 10.2 Å². The van der Waals surface area contributed by atoms with Crippen molar-refractivity contribution in [2.45, 2.75) is 57.4 Å². The van der Waals surface area contributed by atoms with E-state index in [9.17, 15) is 4.79 Å². The van der Waals surface area contributed by atoms with Crippen molar-refractivity contribution >= 4 is 17.3 Å². The molecule has 7 rings (SSSR count). The van der Waals surface area contributed by atoms with Crippen LogP contribution in [-0.2, 0) is 15.1 Å². The molecule has 1 aromatic heterocycles. The van der Waals surface area contributed by atoms with Crippen LogP contribution in [0.15, 0.2) is 35.7 Å². The highest BCUT2D eigenvalue weighted by Gasteiger charge is 2.59. The normalized spacial score (nSPS) is 32.7. The lowest BCUT2D eigenvalue weighted by atomic mass is 9.46. The van der Waals surface area contributed by atoms with E-state index < -0.39 is 0 Å². The molecule has 1 saturated heterocycles. The number of hydrogen-bond donors (Lipinski definition) is 1. The number of amides is 1. The van der Waals surface area contributed by atoms with Crippen molar-refractivity contribution in [1.29, 1.82) is 0 Å². The Labute approximate surface area is 199 Å². The maximum absolute atomic E-state index is 13.0. The van der Waals surface area contributed by atoms with E-state index in [1.165, 1.54) is 18.4 Å². The first-order valence-corrected chi connectivity index (χ1v) is 12.5. The highest BCUT2D eigenvalue weighted by atomic mass is 16.5. The molecule has 180 valence electrons. The largest absolute Gasteiger partial charge is 0.378 e. The lowest BCUT2D eigenvalue weighted by Crippen LogP contribution is -2.58. The third kappa shape index (κ3) is 4.00. The minimum atomic E-state index is -0.0672. The highest BCUT2D eigenvalue weighted by Crippen LogP contribution is 2.64. The van der Waals surface area contributed by atoms with Crippen LogP contribution in [0.3, 0.4) is 0 Å². The van der Waals surface area contributed by atoms with Crippen LogP contribution in [0.25, 0.3) is 0 Å². The molecule has 0 spiro atoms. The number of nitrogens with zero attached hydrogens (tertiary/aromatic N) is 6. The SMILES string of the molecule is C/C(=N\NC(=O)CC12C[C@@H]3C[C@@H](C1)CC(n1ncnn1)(C3)C2)c1ccc(N2CCOCC2)cc1. The fourth-order valence-corrected chi connectivity index (χ4v) is 7.55. The summed E-state index contributed by atoms with van der Waals surface area (Å²) in [5.41, 5.74) is 5.83. The van der Waals surface area contributed by atoms with Crippen LogP contribution in [0.2, 0.25) is 0 Å². The van der Waals surface area contributed by atoms with Crippen LogP contribution in [0.1, 0.15) is 57.4 Å². The summed E-state index contributed by atoms with van der Waals surface area (Å²) < 4.78 is 5.44. The van der Waals surface area contributed by atoms with Crippen LogP contribution in [0.4, 0.5) is 5.69 Å². The van der Waals surface area contributed by atoms with Crippen LogP contribution >= 0.6 is 0 Å². The van der Waals surface area contributed by atoms with Gasteiger partial charge in [-0.05, 0) is 85.6 Å². The van der Waals surface area contributed by atoms with Crippen molar-refractivity contribution in [3.05, 3.63) is 36.2 Å². The van der Waals surface area contributed by atoms with E-state index in [1.807, 2.05) is 11.7 Å². The second-order valence-corrected chi connectivity index (χ2v) is 11.0. The van der Waals surface area contributed by atoms with E-state index in [2.05, 4.69) is 55.1 Å². The van der Waals surface area contributed by atoms with Gasteiger partial charge in [0.15, 0.2) is 6.33 Å².